The molecule has 1 aliphatic carbocycles. The summed E-state index contributed by atoms with van der Waals surface area (Å²) in [6.45, 7) is 0.781. The van der Waals surface area contributed by atoms with Crippen molar-refractivity contribution in [2.75, 3.05) is 11.9 Å². The van der Waals surface area contributed by atoms with Gasteiger partial charge in [-0.2, -0.15) is 0 Å². The van der Waals surface area contributed by atoms with Crippen LogP contribution in [0.5, 0.6) is 0 Å². The van der Waals surface area contributed by atoms with Gasteiger partial charge in [-0.1, -0.05) is 5.16 Å². The van der Waals surface area contributed by atoms with E-state index >= 15 is 0 Å². The van der Waals surface area contributed by atoms with E-state index in [0.29, 0.717) is 17.3 Å². The number of hydrogen-bond acceptors (Lipinski definition) is 5. The summed E-state index contributed by atoms with van der Waals surface area (Å²) in [6, 6.07) is 7.33. The minimum atomic E-state index is -0.270. The first-order valence-electron chi connectivity index (χ1n) is 8.65. The molecule has 1 amide bonds. The minimum Gasteiger partial charge on any atom is -0.370 e. The van der Waals surface area contributed by atoms with E-state index in [2.05, 4.69) is 20.4 Å². The molecule has 2 fully saturated rings. The third-order valence-corrected chi connectivity index (χ3v) is 4.73. The van der Waals surface area contributed by atoms with E-state index in [1.165, 1.54) is 0 Å². The zero-order valence-corrected chi connectivity index (χ0v) is 13.6. The Bertz CT molecular complexity index is 935. The Kier molecular flexibility index (Phi) is 3.34. The Morgan fingerprint density at radius 3 is 2.96 bits per heavy atom. The lowest BCUT2D eigenvalue weighted by molar-refractivity contribution is 0.101. The second kappa shape index (κ2) is 5.70. The molecule has 2 aromatic heterocycles. The Labute approximate surface area is 143 Å². The molecule has 3 heterocycles. The highest BCUT2D eigenvalue weighted by atomic mass is 16.5. The number of carbonyl (C=O) groups excluding carboxylic acids is 1. The number of nitrogens with one attached hydrogen (secondary N) is 2. The molecule has 7 heteroatoms. The van der Waals surface area contributed by atoms with Crippen molar-refractivity contribution in [3.05, 3.63) is 41.5 Å². The average molecular weight is 338 g/mol. The van der Waals surface area contributed by atoms with E-state index < -0.39 is 0 Å². The van der Waals surface area contributed by atoms with Crippen LogP contribution in [-0.2, 0) is 4.74 Å². The van der Waals surface area contributed by atoms with Crippen LogP contribution in [0.3, 0.4) is 0 Å². The van der Waals surface area contributed by atoms with Crippen molar-refractivity contribution in [1.82, 2.24) is 15.1 Å². The van der Waals surface area contributed by atoms with Crippen LogP contribution in [0, 0.1) is 0 Å². The van der Waals surface area contributed by atoms with Gasteiger partial charge in [-0.05, 0) is 43.9 Å². The number of ether oxygens (including phenoxy) is 1. The number of fused-ring (bicyclic) bond motifs is 1. The molecule has 1 aliphatic heterocycles. The van der Waals surface area contributed by atoms with Gasteiger partial charge >= 0.3 is 0 Å². The van der Waals surface area contributed by atoms with E-state index in [4.69, 9.17) is 9.26 Å². The number of benzene rings is 1. The summed E-state index contributed by atoms with van der Waals surface area (Å²) in [5, 5.41) is 6.73. The predicted molar refractivity (Wildman–Crippen MR) is 90.5 cm³/mol. The fraction of sp³-hybridized carbons (Fsp3) is 0.389. The molecule has 25 heavy (non-hydrogen) atoms. The van der Waals surface area contributed by atoms with Crippen LogP contribution in [0.15, 0.2) is 28.8 Å². The molecule has 1 aromatic carbocycles. The fourth-order valence-electron chi connectivity index (χ4n) is 3.20. The second-order valence-electron chi connectivity index (χ2n) is 6.70. The smallest absolute Gasteiger partial charge is 0.277 e. The monoisotopic (exact) mass is 338 g/mol. The van der Waals surface area contributed by atoms with Crippen LogP contribution in [0.25, 0.3) is 11.0 Å². The number of carbonyl (C=O) groups is 1. The standard InChI is InChI=1S/C18H18N4O3/c23-18(14-9-16(25-22-14)10-3-4-10)19-11-5-6-12-13(8-11)21-17(20-12)15-2-1-7-24-15/h5-6,8-10,15H,1-4,7H2,(H,19,23)(H,20,21). The number of anilines is 1. The number of rotatable bonds is 4. The maximum Gasteiger partial charge on any atom is 0.277 e. The Balaban J connectivity index is 1.35. The number of nitrogens with zero attached hydrogens (tertiary/aromatic N) is 2. The van der Waals surface area contributed by atoms with Gasteiger partial charge in [0.1, 0.15) is 17.7 Å². The zero-order chi connectivity index (χ0) is 16.8. The average Bonchev–Trinajstić information content (AvgIpc) is 3.08. The molecule has 3 aromatic rings. The van der Waals surface area contributed by atoms with Gasteiger partial charge in [-0.3, -0.25) is 4.79 Å². The Hall–Kier alpha value is -2.67. The van der Waals surface area contributed by atoms with Crippen LogP contribution in [-0.4, -0.2) is 27.6 Å². The van der Waals surface area contributed by atoms with Gasteiger partial charge in [0.2, 0.25) is 0 Å². The van der Waals surface area contributed by atoms with Gasteiger partial charge in [-0.15, -0.1) is 0 Å². The molecule has 7 nitrogen and oxygen atoms in total. The molecular formula is C18H18N4O3. The minimum absolute atomic E-state index is 0.0430. The van der Waals surface area contributed by atoms with E-state index in [0.717, 1.165) is 54.9 Å². The molecule has 1 unspecified atom stereocenters. The Morgan fingerprint density at radius 1 is 1.24 bits per heavy atom. The SMILES string of the molecule is O=C(Nc1ccc2nc(C3CCCO3)[nH]c2c1)c1cc(C2CC2)on1. The summed E-state index contributed by atoms with van der Waals surface area (Å²) < 4.78 is 10.9. The van der Waals surface area contributed by atoms with E-state index in [1.807, 2.05) is 18.2 Å². The van der Waals surface area contributed by atoms with Crippen molar-refractivity contribution < 1.29 is 14.1 Å². The number of aromatic amines is 1. The van der Waals surface area contributed by atoms with Crippen molar-refractivity contribution >= 4 is 22.6 Å². The van der Waals surface area contributed by atoms with Crippen molar-refractivity contribution in [3.8, 4) is 0 Å². The predicted octanol–water partition coefficient (Wildman–Crippen LogP) is 3.53. The van der Waals surface area contributed by atoms with Crippen LogP contribution < -0.4 is 5.32 Å². The van der Waals surface area contributed by atoms with Crippen molar-refractivity contribution in [2.24, 2.45) is 0 Å². The summed E-state index contributed by atoms with van der Waals surface area (Å²) in [4.78, 5) is 20.2. The Morgan fingerprint density at radius 2 is 2.16 bits per heavy atom. The molecule has 0 radical (unpaired) electrons. The third-order valence-electron chi connectivity index (χ3n) is 4.73. The number of H-pyrrole nitrogens is 1. The molecule has 0 spiro atoms. The normalized spacial score (nSPS) is 20.2. The van der Waals surface area contributed by atoms with Crippen LogP contribution >= 0.6 is 0 Å². The third kappa shape index (κ3) is 2.80. The first kappa shape index (κ1) is 14.7. The highest BCUT2D eigenvalue weighted by molar-refractivity contribution is 6.03. The van der Waals surface area contributed by atoms with Gasteiger partial charge in [0.15, 0.2) is 5.69 Å². The number of amides is 1. The lowest BCUT2D eigenvalue weighted by atomic mass is 10.2. The molecule has 1 saturated carbocycles. The first-order chi connectivity index (χ1) is 12.3. The molecule has 1 saturated heterocycles. The molecule has 2 N–H and O–H groups in total. The summed E-state index contributed by atoms with van der Waals surface area (Å²) >= 11 is 0. The van der Waals surface area contributed by atoms with Gasteiger partial charge < -0.3 is 19.6 Å². The highest BCUT2D eigenvalue weighted by Crippen LogP contribution is 2.40. The van der Waals surface area contributed by atoms with Crippen molar-refractivity contribution in [1.29, 1.82) is 0 Å². The van der Waals surface area contributed by atoms with Crippen LogP contribution in [0.1, 0.15) is 59.8 Å². The summed E-state index contributed by atoms with van der Waals surface area (Å²) in [5.41, 5.74) is 2.74. The van der Waals surface area contributed by atoms with E-state index in [1.54, 1.807) is 6.07 Å². The van der Waals surface area contributed by atoms with Gasteiger partial charge in [-0.25, -0.2) is 4.98 Å². The number of hydrogen-bond donors (Lipinski definition) is 2. The van der Waals surface area contributed by atoms with Gasteiger partial charge in [0, 0.05) is 24.3 Å². The van der Waals surface area contributed by atoms with Gasteiger partial charge in [0.05, 0.1) is 11.0 Å². The summed E-state index contributed by atoms with van der Waals surface area (Å²) in [5.74, 6) is 1.82. The quantitative estimate of drug-likeness (QED) is 0.759. The van der Waals surface area contributed by atoms with Crippen LogP contribution in [0.2, 0.25) is 0 Å². The van der Waals surface area contributed by atoms with Crippen LogP contribution in [0.4, 0.5) is 5.69 Å². The molecular weight excluding hydrogens is 320 g/mol. The zero-order valence-electron chi connectivity index (χ0n) is 13.6. The molecule has 2 aliphatic rings. The largest absolute Gasteiger partial charge is 0.370 e. The number of imidazole rings is 1. The maximum atomic E-state index is 12.3. The topological polar surface area (TPSA) is 93.0 Å². The lowest BCUT2D eigenvalue weighted by Crippen LogP contribution is -2.12. The van der Waals surface area contributed by atoms with Crippen molar-refractivity contribution in [3.63, 3.8) is 0 Å². The highest BCUT2D eigenvalue weighted by Gasteiger charge is 2.29. The first-order valence-corrected chi connectivity index (χ1v) is 8.65. The van der Waals surface area contributed by atoms with Gasteiger partial charge in [0.25, 0.3) is 5.91 Å². The molecule has 0 bridgehead atoms. The van der Waals surface area contributed by atoms with E-state index in [-0.39, 0.29) is 12.0 Å². The maximum absolute atomic E-state index is 12.3. The fourth-order valence-corrected chi connectivity index (χ4v) is 3.20. The molecule has 1 atom stereocenters. The van der Waals surface area contributed by atoms with E-state index in [9.17, 15) is 4.79 Å². The second-order valence-corrected chi connectivity index (χ2v) is 6.70. The number of aromatic nitrogens is 3. The molecule has 5 rings (SSSR count). The lowest BCUT2D eigenvalue weighted by Gasteiger charge is -2.03. The molecule has 128 valence electrons. The van der Waals surface area contributed by atoms with Crippen molar-refractivity contribution in [2.45, 2.75) is 37.7 Å². The summed E-state index contributed by atoms with van der Waals surface area (Å²) in [7, 11) is 0. The summed E-state index contributed by atoms with van der Waals surface area (Å²) in [6.07, 6.45) is 4.31.